The molecule has 0 aliphatic rings. The van der Waals surface area contributed by atoms with E-state index < -0.39 is 0 Å². The molecular weight excluding hydrogens is 374 g/mol. The number of esters is 1. The van der Waals surface area contributed by atoms with Crippen molar-refractivity contribution in [3.05, 3.63) is 83.4 Å². The van der Waals surface area contributed by atoms with Crippen molar-refractivity contribution in [2.45, 2.75) is 0 Å². The molecule has 1 N–H and O–H groups in total. The lowest BCUT2D eigenvalue weighted by atomic mass is 10.1. The third-order valence-electron chi connectivity index (χ3n) is 4.27. The summed E-state index contributed by atoms with van der Waals surface area (Å²) >= 11 is 6.19. The molecular formula is C22H16ClN3O2. The van der Waals surface area contributed by atoms with Crippen molar-refractivity contribution >= 4 is 40.1 Å². The molecule has 3 aromatic carbocycles. The second-order valence-electron chi connectivity index (χ2n) is 6.12. The lowest BCUT2D eigenvalue weighted by Crippen LogP contribution is -2.02. The van der Waals surface area contributed by atoms with Crippen LogP contribution in [0.5, 0.6) is 0 Å². The molecule has 0 saturated heterocycles. The van der Waals surface area contributed by atoms with E-state index in [1.165, 1.54) is 7.11 Å². The van der Waals surface area contributed by atoms with Gasteiger partial charge in [0.1, 0.15) is 0 Å². The molecule has 0 atom stereocenters. The van der Waals surface area contributed by atoms with Crippen molar-refractivity contribution in [3.8, 4) is 11.3 Å². The van der Waals surface area contributed by atoms with Crippen LogP contribution in [-0.2, 0) is 4.74 Å². The van der Waals surface area contributed by atoms with Crippen LogP contribution in [0.15, 0.2) is 72.8 Å². The zero-order valence-corrected chi connectivity index (χ0v) is 15.8. The fourth-order valence-corrected chi connectivity index (χ4v) is 3.08. The molecule has 28 heavy (non-hydrogen) atoms. The van der Waals surface area contributed by atoms with Crippen molar-refractivity contribution in [3.63, 3.8) is 0 Å². The highest BCUT2D eigenvalue weighted by Crippen LogP contribution is 2.30. The van der Waals surface area contributed by atoms with E-state index in [-0.39, 0.29) is 5.97 Å². The number of carbonyl (C=O) groups is 1. The summed E-state index contributed by atoms with van der Waals surface area (Å²) < 4.78 is 4.72. The van der Waals surface area contributed by atoms with Crippen molar-refractivity contribution in [2.75, 3.05) is 12.4 Å². The van der Waals surface area contributed by atoms with Gasteiger partial charge in [0.25, 0.3) is 0 Å². The minimum absolute atomic E-state index is 0.378. The van der Waals surface area contributed by atoms with Gasteiger partial charge in [0, 0.05) is 21.7 Å². The van der Waals surface area contributed by atoms with Crippen molar-refractivity contribution in [2.24, 2.45) is 0 Å². The molecule has 138 valence electrons. The normalized spacial score (nSPS) is 10.6. The van der Waals surface area contributed by atoms with Gasteiger partial charge in [0.15, 0.2) is 0 Å². The van der Waals surface area contributed by atoms with Crippen LogP contribution in [-0.4, -0.2) is 23.0 Å². The number of halogens is 1. The third kappa shape index (κ3) is 3.66. The summed E-state index contributed by atoms with van der Waals surface area (Å²) in [5.41, 5.74) is 3.79. The molecule has 5 nitrogen and oxygen atoms in total. The van der Waals surface area contributed by atoms with Gasteiger partial charge in [-0.25, -0.2) is 14.8 Å². The van der Waals surface area contributed by atoms with Gasteiger partial charge in [-0.3, -0.25) is 0 Å². The zero-order valence-electron chi connectivity index (χ0n) is 15.0. The summed E-state index contributed by atoms with van der Waals surface area (Å²) in [5.74, 6) is 0.0799. The van der Waals surface area contributed by atoms with Gasteiger partial charge < -0.3 is 10.1 Å². The van der Waals surface area contributed by atoms with E-state index in [1.807, 2.05) is 42.5 Å². The second kappa shape index (κ2) is 7.66. The number of carbonyl (C=O) groups excluding carboxylic acids is 1. The molecule has 0 saturated carbocycles. The van der Waals surface area contributed by atoms with E-state index in [9.17, 15) is 4.79 Å². The Hall–Kier alpha value is -3.44. The van der Waals surface area contributed by atoms with Crippen molar-refractivity contribution < 1.29 is 9.53 Å². The number of benzene rings is 3. The smallest absolute Gasteiger partial charge is 0.337 e. The zero-order chi connectivity index (χ0) is 19.5. The van der Waals surface area contributed by atoms with E-state index in [1.54, 1.807) is 30.3 Å². The molecule has 1 aromatic heterocycles. The van der Waals surface area contributed by atoms with Crippen molar-refractivity contribution in [1.29, 1.82) is 0 Å². The van der Waals surface area contributed by atoms with Gasteiger partial charge in [-0.05, 0) is 42.5 Å². The highest BCUT2D eigenvalue weighted by atomic mass is 35.5. The second-order valence-corrected chi connectivity index (χ2v) is 6.55. The van der Waals surface area contributed by atoms with E-state index in [0.29, 0.717) is 16.5 Å². The summed E-state index contributed by atoms with van der Waals surface area (Å²) in [4.78, 5) is 20.9. The van der Waals surface area contributed by atoms with E-state index >= 15 is 0 Å². The number of methoxy groups -OCH3 is 1. The molecule has 4 aromatic rings. The number of nitrogens with one attached hydrogen (secondary N) is 1. The highest BCUT2D eigenvalue weighted by molar-refractivity contribution is 6.31. The average Bonchev–Trinajstić information content (AvgIpc) is 2.74. The first-order valence-electron chi connectivity index (χ1n) is 8.62. The molecule has 0 unspecified atom stereocenters. The fourth-order valence-electron chi connectivity index (χ4n) is 2.91. The van der Waals surface area contributed by atoms with Crippen LogP contribution < -0.4 is 5.32 Å². The Morgan fingerprint density at radius 1 is 0.964 bits per heavy atom. The fraction of sp³-hybridized carbons (Fsp3) is 0.0455. The number of anilines is 2. The van der Waals surface area contributed by atoms with Crippen LogP contribution in [0.1, 0.15) is 10.4 Å². The lowest BCUT2D eigenvalue weighted by Gasteiger charge is -2.11. The van der Waals surface area contributed by atoms with Crippen LogP contribution in [0.3, 0.4) is 0 Å². The van der Waals surface area contributed by atoms with Gasteiger partial charge in [0.05, 0.1) is 23.9 Å². The number of ether oxygens (including phenoxy) is 1. The first-order chi connectivity index (χ1) is 13.6. The van der Waals surface area contributed by atoms with Gasteiger partial charge in [0.2, 0.25) is 5.95 Å². The van der Waals surface area contributed by atoms with E-state index in [4.69, 9.17) is 21.3 Å². The Morgan fingerprint density at radius 3 is 2.43 bits per heavy atom. The molecule has 1 heterocycles. The number of fused-ring (bicyclic) bond motifs is 1. The molecule has 0 bridgehead atoms. The monoisotopic (exact) mass is 389 g/mol. The maximum absolute atomic E-state index is 11.6. The van der Waals surface area contributed by atoms with Gasteiger partial charge in [-0.15, -0.1) is 0 Å². The van der Waals surface area contributed by atoms with Crippen LogP contribution >= 0.6 is 11.6 Å². The average molecular weight is 390 g/mol. The van der Waals surface area contributed by atoms with Gasteiger partial charge >= 0.3 is 5.97 Å². The molecule has 0 spiro atoms. The highest BCUT2D eigenvalue weighted by Gasteiger charge is 2.11. The molecule has 0 aliphatic heterocycles. The Kier molecular flexibility index (Phi) is 4.91. The third-order valence-corrected chi connectivity index (χ3v) is 4.50. The van der Waals surface area contributed by atoms with Gasteiger partial charge in [-0.1, -0.05) is 41.9 Å². The molecule has 0 radical (unpaired) electrons. The predicted molar refractivity (Wildman–Crippen MR) is 111 cm³/mol. The standard InChI is InChI=1S/C22H16ClN3O2/c1-28-21(27)15-7-10-17(11-8-15)24-22-25-19-12-9-16(23)13-18(19)20(26-22)14-5-3-2-4-6-14/h2-13H,1H3,(H,24,25,26). The first kappa shape index (κ1) is 17.9. The number of rotatable bonds is 4. The van der Waals surface area contributed by atoms with Gasteiger partial charge in [-0.2, -0.15) is 0 Å². The predicted octanol–water partition coefficient (Wildman–Crippen LogP) is 5.48. The van der Waals surface area contributed by atoms with Crippen LogP contribution in [0.25, 0.3) is 22.2 Å². The minimum atomic E-state index is -0.378. The minimum Gasteiger partial charge on any atom is -0.465 e. The number of hydrogen-bond acceptors (Lipinski definition) is 5. The maximum Gasteiger partial charge on any atom is 0.337 e. The number of nitrogens with zero attached hydrogens (tertiary/aromatic N) is 2. The summed E-state index contributed by atoms with van der Waals surface area (Å²) in [6.45, 7) is 0. The SMILES string of the molecule is COC(=O)c1ccc(Nc2nc(-c3ccccc3)c3cc(Cl)ccc3n2)cc1. The summed E-state index contributed by atoms with van der Waals surface area (Å²) in [6.07, 6.45) is 0. The quantitative estimate of drug-likeness (QED) is 0.468. The Labute approximate surface area is 167 Å². The summed E-state index contributed by atoms with van der Waals surface area (Å²) in [7, 11) is 1.36. The topological polar surface area (TPSA) is 64.1 Å². The number of hydrogen-bond donors (Lipinski definition) is 1. The first-order valence-corrected chi connectivity index (χ1v) is 9.00. The maximum atomic E-state index is 11.6. The molecule has 6 heteroatoms. The summed E-state index contributed by atoms with van der Waals surface area (Å²) in [6, 6.07) is 22.4. The van der Waals surface area contributed by atoms with E-state index in [0.717, 1.165) is 27.8 Å². The molecule has 0 fully saturated rings. The Morgan fingerprint density at radius 2 is 1.71 bits per heavy atom. The van der Waals surface area contributed by atoms with Crippen LogP contribution in [0.2, 0.25) is 5.02 Å². The molecule has 4 rings (SSSR count). The Balaban J connectivity index is 1.76. The lowest BCUT2D eigenvalue weighted by molar-refractivity contribution is 0.0601. The van der Waals surface area contributed by atoms with E-state index in [2.05, 4.69) is 10.3 Å². The number of aromatic nitrogens is 2. The molecule has 0 amide bonds. The largest absolute Gasteiger partial charge is 0.465 e. The van der Waals surface area contributed by atoms with Crippen molar-refractivity contribution in [1.82, 2.24) is 9.97 Å². The summed E-state index contributed by atoms with van der Waals surface area (Å²) in [5, 5.41) is 4.71. The van der Waals surface area contributed by atoms with Crippen LogP contribution in [0.4, 0.5) is 11.6 Å². The van der Waals surface area contributed by atoms with Crippen LogP contribution in [0, 0.1) is 0 Å². The molecule has 0 aliphatic carbocycles. The Bertz CT molecular complexity index is 1150.